The van der Waals surface area contributed by atoms with E-state index < -0.39 is 0 Å². The Labute approximate surface area is 74.4 Å². The largest absolute Gasteiger partial charge is 0.287 e. The van der Waals surface area contributed by atoms with E-state index in [1.165, 1.54) is 0 Å². The molecule has 0 saturated carbocycles. The first-order valence-corrected chi connectivity index (χ1v) is 4.05. The van der Waals surface area contributed by atoms with E-state index in [4.69, 9.17) is 0 Å². The number of rotatable bonds is 0. The van der Waals surface area contributed by atoms with E-state index in [1.807, 2.05) is 24.3 Å². The van der Waals surface area contributed by atoms with E-state index in [-0.39, 0.29) is 5.78 Å². The summed E-state index contributed by atoms with van der Waals surface area (Å²) in [6, 6.07) is 7.57. The van der Waals surface area contributed by atoms with Gasteiger partial charge in [-0.25, -0.2) is 0 Å². The summed E-state index contributed by atoms with van der Waals surface area (Å²) in [7, 11) is 0. The van der Waals surface area contributed by atoms with Gasteiger partial charge < -0.3 is 0 Å². The summed E-state index contributed by atoms with van der Waals surface area (Å²) in [6.07, 6.45) is 1.69. The van der Waals surface area contributed by atoms with Crippen molar-refractivity contribution >= 4 is 5.78 Å². The molecular weight excluding hydrogens is 164 g/mol. The summed E-state index contributed by atoms with van der Waals surface area (Å²) < 4.78 is 0. The molecule has 1 aromatic heterocycles. The van der Waals surface area contributed by atoms with Crippen LogP contribution in [0.5, 0.6) is 0 Å². The smallest absolute Gasteiger partial charge is 0.212 e. The third-order valence-electron chi connectivity index (χ3n) is 2.33. The highest BCUT2D eigenvalue weighted by atomic mass is 16.1. The minimum absolute atomic E-state index is 0.0445. The highest BCUT2D eigenvalue weighted by Gasteiger charge is 2.27. The third-order valence-corrected chi connectivity index (χ3v) is 2.33. The number of hydrogen-bond acceptors (Lipinski definition) is 2. The number of carbonyl (C=O) groups excluding carboxylic acids is 1. The average Bonchev–Trinajstić information content (AvgIpc) is 2.72. The fourth-order valence-corrected chi connectivity index (χ4v) is 1.71. The second-order valence-electron chi connectivity index (χ2n) is 3.03. The molecular formula is C10H6N2O. The number of fused-ring (bicyclic) bond motifs is 3. The zero-order valence-electron chi connectivity index (χ0n) is 6.74. The van der Waals surface area contributed by atoms with Gasteiger partial charge in [0.1, 0.15) is 5.69 Å². The molecule has 0 fully saturated rings. The lowest BCUT2D eigenvalue weighted by Crippen LogP contribution is -1.96. The Morgan fingerprint density at radius 1 is 1.08 bits per heavy atom. The van der Waals surface area contributed by atoms with Crippen LogP contribution in [-0.2, 0) is 0 Å². The zero-order valence-corrected chi connectivity index (χ0v) is 6.74. The molecule has 3 heteroatoms. The van der Waals surface area contributed by atoms with Crippen molar-refractivity contribution in [1.29, 1.82) is 0 Å². The number of ketones is 1. The molecule has 0 amide bonds. The monoisotopic (exact) mass is 170 g/mol. The minimum Gasteiger partial charge on any atom is -0.287 e. The van der Waals surface area contributed by atoms with Crippen LogP contribution in [0, 0.1) is 0 Å². The molecule has 0 atom stereocenters. The van der Waals surface area contributed by atoms with Crippen molar-refractivity contribution in [3.63, 3.8) is 0 Å². The van der Waals surface area contributed by atoms with E-state index >= 15 is 0 Å². The molecule has 0 unspecified atom stereocenters. The lowest BCUT2D eigenvalue weighted by atomic mass is 10.1. The Bertz CT molecular complexity index is 499. The van der Waals surface area contributed by atoms with Crippen LogP contribution in [-0.4, -0.2) is 16.0 Å². The van der Waals surface area contributed by atoms with Crippen LogP contribution in [0.25, 0.3) is 11.1 Å². The van der Waals surface area contributed by atoms with Crippen molar-refractivity contribution in [3.05, 3.63) is 41.7 Å². The van der Waals surface area contributed by atoms with E-state index in [0.717, 1.165) is 16.7 Å². The molecule has 1 N–H and O–H groups in total. The molecule has 2 aromatic rings. The normalized spacial score (nSPS) is 12.8. The highest BCUT2D eigenvalue weighted by Crippen LogP contribution is 2.34. The number of carbonyl (C=O) groups is 1. The third kappa shape index (κ3) is 0.685. The topological polar surface area (TPSA) is 45.8 Å². The van der Waals surface area contributed by atoms with Crippen LogP contribution >= 0.6 is 0 Å². The molecule has 0 saturated heterocycles. The van der Waals surface area contributed by atoms with E-state index in [2.05, 4.69) is 10.2 Å². The fourth-order valence-electron chi connectivity index (χ4n) is 1.71. The summed E-state index contributed by atoms with van der Waals surface area (Å²) in [5, 5.41) is 6.56. The molecule has 13 heavy (non-hydrogen) atoms. The average molecular weight is 170 g/mol. The number of aromatic amines is 1. The molecule has 3 nitrogen and oxygen atoms in total. The van der Waals surface area contributed by atoms with Gasteiger partial charge in [0, 0.05) is 11.1 Å². The second kappa shape index (κ2) is 2.07. The number of hydrogen-bond donors (Lipinski definition) is 1. The Morgan fingerprint density at radius 2 is 1.85 bits per heavy atom. The molecule has 0 bridgehead atoms. The first kappa shape index (κ1) is 6.60. The summed E-state index contributed by atoms with van der Waals surface area (Å²) in [5.74, 6) is 0.0445. The predicted octanol–water partition coefficient (Wildman–Crippen LogP) is 1.62. The molecule has 1 aromatic carbocycles. The molecule has 0 aliphatic heterocycles. The second-order valence-corrected chi connectivity index (χ2v) is 3.03. The van der Waals surface area contributed by atoms with Crippen molar-refractivity contribution in [2.75, 3.05) is 0 Å². The van der Waals surface area contributed by atoms with Crippen LogP contribution in [0.1, 0.15) is 16.1 Å². The maximum atomic E-state index is 11.7. The van der Waals surface area contributed by atoms with Crippen LogP contribution in [0.4, 0.5) is 0 Å². The van der Waals surface area contributed by atoms with Gasteiger partial charge >= 0.3 is 0 Å². The number of nitrogens with zero attached hydrogens (tertiary/aromatic N) is 1. The Kier molecular flexibility index (Phi) is 1.05. The SMILES string of the molecule is O=C1c2ccccc2-c2cn[nH]c21. The first-order valence-electron chi connectivity index (χ1n) is 4.05. The van der Waals surface area contributed by atoms with Crippen molar-refractivity contribution in [2.24, 2.45) is 0 Å². The number of nitrogens with one attached hydrogen (secondary N) is 1. The molecule has 1 heterocycles. The fraction of sp³-hybridized carbons (Fsp3) is 0. The Morgan fingerprint density at radius 3 is 2.69 bits per heavy atom. The molecule has 62 valence electrons. The van der Waals surface area contributed by atoms with Crippen LogP contribution in [0.15, 0.2) is 30.5 Å². The number of aromatic nitrogens is 2. The van der Waals surface area contributed by atoms with Crippen molar-refractivity contribution < 1.29 is 4.79 Å². The lowest BCUT2D eigenvalue weighted by Gasteiger charge is -1.94. The van der Waals surface area contributed by atoms with E-state index in [9.17, 15) is 4.79 Å². The highest BCUT2D eigenvalue weighted by molar-refractivity contribution is 6.20. The van der Waals surface area contributed by atoms with Gasteiger partial charge in [-0.2, -0.15) is 5.10 Å². The van der Waals surface area contributed by atoms with Gasteiger partial charge in [-0.1, -0.05) is 24.3 Å². The quantitative estimate of drug-likeness (QED) is 0.557. The maximum absolute atomic E-state index is 11.7. The van der Waals surface area contributed by atoms with E-state index in [1.54, 1.807) is 6.20 Å². The minimum atomic E-state index is 0.0445. The molecule has 1 aliphatic carbocycles. The first-order chi connectivity index (χ1) is 6.38. The van der Waals surface area contributed by atoms with Crippen LogP contribution in [0.3, 0.4) is 0 Å². The van der Waals surface area contributed by atoms with Gasteiger partial charge in [-0.05, 0) is 5.56 Å². The summed E-state index contributed by atoms with van der Waals surface area (Å²) in [6.45, 7) is 0. The van der Waals surface area contributed by atoms with Crippen LogP contribution in [0.2, 0.25) is 0 Å². The summed E-state index contributed by atoms with van der Waals surface area (Å²) >= 11 is 0. The van der Waals surface area contributed by atoms with Gasteiger partial charge in [0.25, 0.3) is 0 Å². The lowest BCUT2D eigenvalue weighted by molar-refractivity contribution is 0.103. The van der Waals surface area contributed by atoms with Crippen molar-refractivity contribution in [3.8, 4) is 11.1 Å². The summed E-state index contributed by atoms with van der Waals surface area (Å²) in [4.78, 5) is 11.7. The molecule has 3 rings (SSSR count). The Hall–Kier alpha value is -1.90. The van der Waals surface area contributed by atoms with Crippen molar-refractivity contribution in [2.45, 2.75) is 0 Å². The molecule has 0 radical (unpaired) electrons. The maximum Gasteiger partial charge on any atom is 0.212 e. The molecule has 1 aliphatic rings. The zero-order chi connectivity index (χ0) is 8.84. The number of benzene rings is 1. The van der Waals surface area contributed by atoms with E-state index in [0.29, 0.717) is 5.69 Å². The van der Waals surface area contributed by atoms with Crippen molar-refractivity contribution in [1.82, 2.24) is 10.2 Å². The van der Waals surface area contributed by atoms with Gasteiger partial charge in [0.05, 0.1) is 6.20 Å². The van der Waals surface area contributed by atoms with Gasteiger partial charge in [-0.3, -0.25) is 9.89 Å². The number of H-pyrrole nitrogens is 1. The van der Waals surface area contributed by atoms with Gasteiger partial charge in [-0.15, -0.1) is 0 Å². The van der Waals surface area contributed by atoms with Gasteiger partial charge in [0.2, 0.25) is 5.78 Å². The standard InChI is InChI=1S/C10H6N2O/c13-10-7-4-2-1-3-6(7)8-5-11-12-9(8)10/h1-5H,(H,11,12). The predicted molar refractivity (Wildman–Crippen MR) is 47.5 cm³/mol. The summed E-state index contributed by atoms with van der Waals surface area (Å²) in [5.41, 5.74) is 3.28. The molecule has 0 spiro atoms. The Balaban J connectivity index is 2.43. The van der Waals surface area contributed by atoms with Crippen LogP contribution < -0.4 is 0 Å². The van der Waals surface area contributed by atoms with Gasteiger partial charge in [0.15, 0.2) is 0 Å².